The molecule has 0 spiro atoms. The molecule has 0 radical (unpaired) electrons. The Morgan fingerprint density at radius 1 is 1.50 bits per heavy atom. The minimum Gasteiger partial charge on any atom is -0.447 e. The van der Waals surface area contributed by atoms with Gasteiger partial charge in [-0.3, -0.25) is 4.99 Å². The molecule has 16 heavy (non-hydrogen) atoms. The first-order chi connectivity index (χ1) is 7.86. The third-order valence-electron chi connectivity index (χ3n) is 2.41. The Bertz CT molecular complexity index is 439. The molecule has 1 atom stereocenters. The highest BCUT2D eigenvalue weighted by Gasteiger charge is 2.02. The van der Waals surface area contributed by atoms with Gasteiger partial charge < -0.3 is 4.42 Å². The van der Waals surface area contributed by atoms with E-state index in [1.807, 2.05) is 12.2 Å². The van der Waals surface area contributed by atoms with Crippen LogP contribution in [0.5, 0.6) is 0 Å². The van der Waals surface area contributed by atoms with Gasteiger partial charge in [0.1, 0.15) is 12.8 Å². The van der Waals surface area contributed by atoms with Crippen molar-refractivity contribution in [2.75, 3.05) is 0 Å². The van der Waals surface area contributed by atoms with Crippen LogP contribution in [0.15, 0.2) is 57.8 Å². The Hall–Kier alpha value is -1.90. The van der Waals surface area contributed by atoms with Crippen LogP contribution in [0.25, 0.3) is 0 Å². The summed E-state index contributed by atoms with van der Waals surface area (Å²) >= 11 is 0. The molecule has 1 heterocycles. The molecule has 3 nitrogen and oxygen atoms in total. The van der Waals surface area contributed by atoms with Crippen molar-refractivity contribution in [1.29, 1.82) is 0 Å². The Kier molecular flexibility index (Phi) is 3.49. The van der Waals surface area contributed by atoms with Crippen molar-refractivity contribution < 1.29 is 4.42 Å². The molecule has 82 valence electrons. The zero-order valence-corrected chi connectivity index (χ0v) is 9.21. The molecule has 2 rings (SSSR count). The van der Waals surface area contributed by atoms with E-state index in [0.717, 1.165) is 0 Å². The summed E-state index contributed by atoms with van der Waals surface area (Å²) in [5, 5.41) is 0. The molecule has 3 heteroatoms. The highest BCUT2D eigenvalue weighted by atomic mass is 16.3. The van der Waals surface area contributed by atoms with Crippen molar-refractivity contribution in [2.45, 2.75) is 13.5 Å². The number of hydrogen-bond donors (Lipinski definition) is 0. The molecule has 1 aliphatic carbocycles. The average Bonchev–Trinajstić information content (AvgIpc) is 2.79. The predicted octanol–water partition coefficient (Wildman–Crippen LogP) is 2.93. The summed E-state index contributed by atoms with van der Waals surface area (Å²) in [6.45, 7) is 2.65. The molecular weight excluding hydrogens is 200 g/mol. The first-order valence-corrected chi connectivity index (χ1v) is 5.29. The van der Waals surface area contributed by atoms with Crippen LogP contribution in [-0.4, -0.2) is 11.2 Å². The molecule has 0 bridgehead atoms. The smallest absolute Gasteiger partial charge is 0.215 e. The van der Waals surface area contributed by atoms with E-state index < -0.39 is 0 Å². The largest absolute Gasteiger partial charge is 0.447 e. The summed E-state index contributed by atoms with van der Waals surface area (Å²) in [6, 6.07) is 0. The summed E-state index contributed by atoms with van der Waals surface area (Å²) < 4.78 is 5.08. The Morgan fingerprint density at radius 3 is 3.19 bits per heavy atom. The standard InChI is InChI=1S/C13H14N2O/c1-11-4-2-3-5-12(11)6-7-14-10-13-15-8-9-16-13/h2-9,11H,10H2,1H3/b12-6-,14-7?/t11-/m1/s1. The van der Waals surface area contributed by atoms with Crippen LogP contribution >= 0.6 is 0 Å². The van der Waals surface area contributed by atoms with Gasteiger partial charge in [-0.2, -0.15) is 0 Å². The fraction of sp³-hybridized carbons (Fsp3) is 0.231. The molecule has 1 aromatic rings. The number of rotatable bonds is 3. The van der Waals surface area contributed by atoms with Gasteiger partial charge in [-0.05, 0) is 17.6 Å². The second kappa shape index (κ2) is 5.26. The predicted molar refractivity (Wildman–Crippen MR) is 64.2 cm³/mol. The molecule has 0 aliphatic heterocycles. The molecule has 0 saturated heterocycles. The number of allylic oxidation sites excluding steroid dienone is 6. The fourth-order valence-corrected chi connectivity index (χ4v) is 1.47. The van der Waals surface area contributed by atoms with Crippen molar-refractivity contribution in [3.05, 3.63) is 54.3 Å². The van der Waals surface area contributed by atoms with E-state index in [1.54, 1.807) is 18.7 Å². The summed E-state index contributed by atoms with van der Waals surface area (Å²) in [6.07, 6.45) is 15.4. The minimum atomic E-state index is 0.457. The lowest BCUT2D eigenvalue weighted by Gasteiger charge is -2.09. The van der Waals surface area contributed by atoms with Crippen molar-refractivity contribution in [3.8, 4) is 0 Å². The first kappa shape index (κ1) is 10.6. The maximum atomic E-state index is 5.08. The van der Waals surface area contributed by atoms with Crippen LogP contribution in [0.3, 0.4) is 0 Å². The van der Waals surface area contributed by atoms with Crippen LogP contribution in [0.4, 0.5) is 0 Å². The lowest BCUT2D eigenvalue weighted by Crippen LogP contribution is -1.96. The molecule has 0 fully saturated rings. The minimum absolute atomic E-state index is 0.457. The second-order valence-electron chi connectivity index (χ2n) is 3.61. The zero-order chi connectivity index (χ0) is 11.2. The molecule has 1 aliphatic rings. The Balaban J connectivity index is 1.91. The highest BCUT2D eigenvalue weighted by Crippen LogP contribution is 2.16. The van der Waals surface area contributed by atoms with E-state index in [0.29, 0.717) is 18.4 Å². The molecule has 1 aromatic heterocycles. The normalized spacial score (nSPS) is 22.3. The summed E-state index contributed by atoms with van der Waals surface area (Å²) in [5.74, 6) is 1.10. The number of aromatic nitrogens is 1. The van der Waals surface area contributed by atoms with Gasteiger partial charge in [0.15, 0.2) is 0 Å². The lowest BCUT2D eigenvalue weighted by molar-refractivity contribution is 0.498. The molecule has 0 amide bonds. The SMILES string of the molecule is C[C@@H]1C=CC=C/C1=C/C=NCc1ncco1. The highest BCUT2D eigenvalue weighted by molar-refractivity contribution is 5.73. The van der Waals surface area contributed by atoms with Crippen molar-refractivity contribution >= 4 is 6.21 Å². The molecule has 0 N–H and O–H groups in total. The lowest BCUT2D eigenvalue weighted by atomic mass is 9.96. The van der Waals surface area contributed by atoms with Crippen LogP contribution in [-0.2, 0) is 6.54 Å². The third-order valence-corrected chi connectivity index (χ3v) is 2.41. The summed E-state index contributed by atoms with van der Waals surface area (Å²) in [7, 11) is 0. The van der Waals surface area contributed by atoms with Crippen molar-refractivity contribution in [2.24, 2.45) is 10.9 Å². The van der Waals surface area contributed by atoms with Gasteiger partial charge in [-0.15, -0.1) is 0 Å². The average molecular weight is 214 g/mol. The summed E-state index contributed by atoms with van der Waals surface area (Å²) in [4.78, 5) is 8.22. The van der Waals surface area contributed by atoms with Gasteiger partial charge >= 0.3 is 0 Å². The quantitative estimate of drug-likeness (QED) is 0.725. The molecular formula is C13H14N2O. The first-order valence-electron chi connectivity index (χ1n) is 5.29. The van der Waals surface area contributed by atoms with Gasteiger partial charge in [-0.1, -0.05) is 31.2 Å². The van der Waals surface area contributed by atoms with Crippen molar-refractivity contribution in [3.63, 3.8) is 0 Å². The van der Waals surface area contributed by atoms with E-state index >= 15 is 0 Å². The number of hydrogen-bond acceptors (Lipinski definition) is 3. The molecule has 0 saturated carbocycles. The van der Waals surface area contributed by atoms with Gasteiger partial charge in [0.25, 0.3) is 0 Å². The van der Waals surface area contributed by atoms with Crippen molar-refractivity contribution in [1.82, 2.24) is 4.98 Å². The maximum Gasteiger partial charge on any atom is 0.215 e. The summed E-state index contributed by atoms with van der Waals surface area (Å²) in [5.41, 5.74) is 1.26. The second-order valence-corrected chi connectivity index (χ2v) is 3.61. The molecule has 0 unspecified atom stereocenters. The van der Waals surface area contributed by atoms with E-state index in [4.69, 9.17) is 4.42 Å². The van der Waals surface area contributed by atoms with Gasteiger partial charge in [0, 0.05) is 6.21 Å². The number of aliphatic imine (C=N–C) groups is 1. The fourth-order valence-electron chi connectivity index (χ4n) is 1.47. The molecule has 0 aromatic carbocycles. The van der Waals surface area contributed by atoms with E-state index in [-0.39, 0.29) is 0 Å². The van der Waals surface area contributed by atoms with E-state index in [1.165, 1.54) is 5.57 Å². The van der Waals surface area contributed by atoms with Gasteiger partial charge in [0.2, 0.25) is 5.89 Å². The van der Waals surface area contributed by atoms with E-state index in [2.05, 4.69) is 35.1 Å². The van der Waals surface area contributed by atoms with Gasteiger partial charge in [-0.25, -0.2) is 4.98 Å². The van der Waals surface area contributed by atoms with Crippen LogP contribution in [0.2, 0.25) is 0 Å². The maximum absolute atomic E-state index is 5.08. The van der Waals surface area contributed by atoms with E-state index in [9.17, 15) is 0 Å². The number of oxazole rings is 1. The Labute approximate surface area is 94.9 Å². The topological polar surface area (TPSA) is 38.4 Å². The van der Waals surface area contributed by atoms with Gasteiger partial charge in [0.05, 0.1) is 6.20 Å². The zero-order valence-electron chi connectivity index (χ0n) is 9.21. The number of nitrogens with zero attached hydrogens (tertiary/aromatic N) is 2. The van der Waals surface area contributed by atoms with Crippen LogP contribution in [0.1, 0.15) is 12.8 Å². The monoisotopic (exact) mass is 214 g/mol. The Morgan fingerprint density at radius 2 is 2.44 bits per heavy atom. The third kappa shape index (κ3) is 2.79. The van der Waals surface area contributed by atoms with Crippen LogP contribution in [0, 0.1) is 5.92 Å². The van der Waals surface area contributed by atoms with Crippen LogP contribution < -0.4 is 0 Å².